The SMILES string of the molecule is CC(N(C)C(=O)c1cc[nH]c(=O)c1)C(C)(C)C. The Bertz CT molecular complexity index is 457. The normalized spacial score (nSPS) is 13.2. The molecule has 1 atom stereocenters. The molecule has 1 aromatic rings. The smallest absolute Gasteiger partial charge is 0.254 e. The van der Waals surface area contributed by atoms with Crippen LogP contribution in [-0.2, 0) is 0 Å². The maximum absolute atomic E-state index is 12.2. The summed E-state index contributed by atoms with van der Waals surface area (Å²) in [5.41, 5.74) is 0.172. The third-order valence-corrected chi connectivity index (χ3v) is 3.18. The van der Waals surface area contributed by atoms with Gasteiger partial charge in [-0.15, -0.1) is 0 Å². The molecule has 1 heterocycles. The number of aromatic amines is 1. The molecule has 0 radical (unpaired) electrons. The van der Waals surface area contributed by atoms with Crippen LogP contribution in [0.4, 0.5) is 0 Å². The first kappa shape index (κ1) is 13.5. The predicted molar refractivity (Wildman–Crippen MR) is 68.1 cm³/mol. The van der Waals surface area contributed by atoms with Crippen LogP contribution in [0.1, 0.15) is 38.1 Å². The van der Waals surface area contributed by atoms with Crippen molar-refractivity contribution in [3.05, 3.63) is 34.2 Å². The third kappa shape index (κ3) is 3.19. The standard InChI is InChI=1S/C13H20N2O2/c1-9(13(2,3)4)15(5)12(17)10-6-7-14-11(16)8-10/h6-9H,1-5H3,(H,14,16). The quantitative estimate of drug-likeness (QED) is 0.852. The van der Waals surface area contributed by atoms with Gasteiger partial charge in [0.25, 0.3) is 5.91 Å². The van der Waals surface area contributed by atoms with E-state index in [1.54, 1.807) is 18.0 Å². The number of aromatic nitrogens is 1. The Balaban J connectivity index is 2.95. The van der Waals surface area contributed by atoms with Crippen LogP contribution < -0.4 is 5.56 Å². The number of carbonyl (C=O) groups is 1. The van der Waals surface area contributed by atoms with Crippen LogP contribution in [0, 0.1) is 5.41 Å². The molecule has 1 amide bonds. The van der Waals surface area contributed by atoms with Gasteiger partial charge in [0.1, 0.15) is 0 Å². The number of nitrogens with zero attached hydrogens (tertiary/aromatic N) is 1. The zero-order chi connectivity index (χ0) is 13.2. The average molecular weight is 236 g/mol. The molecule has 1 N–H and O–H groups in total. The molecular weight excluding hydrogens is 216 g/mol. The monoisotopic (exact) mass is 236 g/mol. The molecule has 94 valence electrons. The molecule has 0 bridgehead atoms. The van der Waals surface area contributed by atoms with Gasteiger partial charge >= 0.3 is 0 Å². The summed E-state index contributed by atoms with van der Waals surface area (Å²) in [6.07, 6.45) is 1.49. The van der Waals surface area contributed by atoms with E-state index in [1.165, 1.54) is 12.3 Å². The van der Waals surface area contributed by atoms with Gasteiger partial charge in [0, 0.05) is 30.9 Å². The van der Waals surface area contributed by atoms with E-state index in [9.17, 15) is 9.59 Å². The first-order chi connectivity index (χ1) is 7.73. The van der Waals surface area contributed by atoms with Crippen molar-refractivity contribution < 1.29 is 4.79 Å². The molecular formula is C13H20N2O2. The van der Waals surface area contributed by atoms with Gasteiger partial charge in [-0.25, -0.2) is 0 Å². The molecule has 0 aromatic carbocycles. The molecule has 4 heteroatoms. The number of carbonyl (C=O) groups excluding carboxylic acids is 1. The van der Waals surface area contributed by atoms with Crippen molar-refractivity contribution >= 4 is 5.91 Å². The minimum atomic E-state index is -0.257. The lowest BCUT2D eigenvalue weighted by molar-refractivity contribution is 0.0629. The Morgan fingerprint density at radius 2 is 2.00 bits per heavy atom. The Morgan fingerprint density at radius 1 is 1.41 bits per heavy atom. The summed E-state index contributed by atoms with van der Waals surface area (Å²) in [4.78, 5) is 27.5. The predicted octanol–water partition coefficient (Wildman–Crippen LogP) is 1.88. The van der Waals surface area contributed by atoms with Gasteiger partial charge in [0.15, 0.2) is 0 Å². The van der Waals surface area contributed by atoms with Gasteiger partial charge in [0.2, 0.25) is 5.56 Å². The lowest BCUT2D eigenvalue weighted by Crippen LogP contribution is -2.43. The largest absolute Gasteiger partial charge is 0.338 e. The van der Waals surface area contributed by atoms with Crippen LogP contribution in [0.25, 0.3) is 0 Å². The van der Waals surface area contributed by atoms with Gasteiger partial charge in [-0.3, -0.25) is 9.59 Å². The first-order valence-electron chi connectivity index (χ1n) is 5.69. The maximum atomic E-state index is 12.2. The molecule has 17 heavy (non-hydrogen) atoms. The summed E-state index contributed by atoms with van der Waals surface area (Å²) in [6, 6.07) is 3.04. The van der Waals surface area contributed by atoms with Crippen LogP contribution in [-0.4, -0.2) is 28.9 Å². The van der Waals surface area contributed by atoms with E-state index < -0.39 is 0 Å². The van der Waals surface area contributed by atoms with Crippen molar-refractivity contribution in [2.24, 2.45) is 5.41 Å². The van der Waals surface area contributed by atoms with Crippen molar-refractivity contribution in [2.45, 2.75) is 33.7 Å². The maximum Gasteiger partial charge on any atom is 0.254 e. The lowest BCUT2D eigenvalue weighted by atomic mass is 9.87. The topological polar surface area (TPSA) is 53.2 Å². The first-order valence-corrected chi connectivity index (χ1v) is 5.69. The van der Waals surface area contributed by atoms with Crippen LogP contribution in [0.2, 0.25) is 0 Å². The van der Waals surface area contributed by atoms with Crippen LogP contribution in [0.15, 0.2) is 23.1 Å². The fraction of sp³-hybridized carbons (Fsp3) is 0.538. The number of nitrogens with one attached hydrogen (secondary N) is 1. The second-order valence-corrected chi connectivity index (χ2v) is 5.40. The van der Waals surface area contributed by atoms with Gasteiger partial charge in [0.05, 0.1) is 0 Å². The number of hydrogen-bond donors (Lipinski definition) is 1. The van der Waals surface area contributed by atoms with Gasteiger partial charge < -0.3 is 9.88 Å². The number of pyridine rings is 1. The van der Waals surface area contributed by atoms with E-state index in [-0.39, 0.29) is 22.9 Å². The summed E-state index contributed by atoms with van der Waals surface area (Å²) in [7, 11) is 1.76. The molecule has 0 aliphatic rings. The fourth-order valence-corrected chi connectivity index (χ4v) is 1.54. The van der Waals surface area contributed by atoms with E-state index in [0.717, 1.165) is 0 Å². The summed E-state index contributed by atoms with van der Waals surface area (Å²) in [5, 5.41) is 0. The molecule has 0 saturated heterocycles. The Labute approximate surface area is 102 Å². The Hall–Kier alpha value is -1.58. The molecule has 4 nitrogen and oxygen atoms in total. The van der Waals surface area contributed by atoms with Gasteiger partial charge in [-0.1, -0.05) is 20.8 Å². The molecule has 1 rings (SSSR count). The van der Waals surface area contributed by atoms with E-state index in [2.05, 4.69) is 25.8 Å². The van der Waals surface area contributed by atoms with E-state index in [0.29, 0.717) is 5.56 Å². The highest BCUT2D eigenvalue weighted by atomic mass is 16.2. The molecule has 1 aromatic heterocycles. The van der Waals surface area contributed by atoms with Crippen LogP contribution in [0.3, 0.4) is 0 Å². The zero-order valence-corrected chi connectivity index (χ0v) is 11.1. The second-order valence-electron chi connectivity index (χ2n) is 5.40. The molecule has 0 spiro atoms. The fourth-order valence-electron chi connectivity index (χ4n) is 1.54. The van der Waals surface area contributed by atoms with Crippen molar-refractivity contribution in [1.82, 2.24) is 9.88 Å². The number of H-pyrrole nitrogens is 1. The molecule has 0 aliphatic carbocycles. The number of rotatable bonds is 2. The molecule has 1 unspecified atom stereocenters. The second kappa shape index (κ2) is 4.73. The summed E-state index contributed by atoms with van der Waals surface area (Å²) < 4.78 is 0. The zero-order valence-electron chi connectivity index (χ0n) is 11.1. The van der Waals surface area contributed by atoms with Crippen molar-refractivity contribution in [3.63, 3.8) is 0 Å². The number of amides is 1. The van der Waals surface area contributed by atoms with E-state index in [4.69, 9.17) is 0 Å². The average Bonchev–Trinajstić information content (AvgIpc) is 2.25. The summed E-state index contributed by atoms with van der Waals surface area (Å²) >= 11 is 0. The molecule has 0 aliphatic heterocycles. The van der Waals surface area contributed by atoms with E-state index in [1.807, 2.05) is 6.92 Å². The van der Waals surface area contributed by atoms with Crippen molar-refractivity contribution in [3.8, 4) is 0 Å². The van der Waals surface area contributed by atoms with Gasteiger partial charge in [-0.2, -0.15) is 0 Å². The van der Waals surface area contributed by atoms with Crippen LogP contribution >= 0.6 is 0 Å². The summed E-state index contributed by atoms with van der Waals surface area (Å²) in [6.45, 7) is 8.25. The minimum Gasteiger partial charge on any atom is -0.338 e. The van der Waals surface area contributed by atoms with Crippen LogP contribution in [0.5, 0.6) is 0 Å². The van der Waals surface area contributed by atoms with E-state index >= 15 is 0 Å². The Morgan fingerprint density at radius 3 is 2.47 bits per heavy atom. The lowest BCUT2D eigenvalue weighted by Gasteiger charge is -2.35. The minimum absolute atomic E-state index is 0.00557. The Kier molecular flexibility index (Phi) is 3.76. The molecule has 0 saturated carbocycles. The van der Waals surface area contributed by atoms with Crippen molar-refractivity contribution in [2.75, 3.05) is 7.05 Å². The highest BCUT2D eigenvalue weighted by molar-refractivity contribution is 5.94. The highest BCUT2D eigenvalue weighted by Gasteiger charge is 2.27. The van der Waals surface area contributed by atoms with Gasteiger partial charge in [-0.05, 0) is 18.4 Å². The third-order valence-electron chi connectivity index (χ3n) is 3.18. The summed E-state index contributed by atoms with van der Waals surface area (Å²) in [5.74, 6) is -0.126. The number of hydrogen-bond acceptors (Lipinski definition) is 2. The molecule has 0 fully saturated rings. The highest BCUT2D eigenvalue weighted by Crippen LogP contribution is 2.23. The van der Waals surface area contributed by atoms with Crippen molar-refractivity contribution in [1.29, 1.82) is 0 Å².